The van der Waals surface area contributed by atoms with Gasteiger partial charge in [0.15, 0.2) is 5.79 Å². The topological polar surface area (TPSA) is 38.7 Å². The van der Waals surface area contributed by atoms with E-state index in [4.69, 9.17) is 9.47 Å². The van der Waals surface area contributed by atoms with Gasteiger partial charge in [0.05, 0.1) is 11.2 Å². The first-order chi connectivity index (χ1) is 8.03. The average molecular weight is 258 g/mol. The molecule has 0 aliphatic carbocycles. The molecule has 1 aliphatic rings. The summed E-state index contributed by atoms with van der Waals surface area (Å²) in [5.74, 6) is -0.429. The Morgan fingerprint density at radius 1 is 1.28 bits per heavy atom. The first kappa shape index (κ1) is 15.9. The highest BCUT2D eigenvalue weighted by Crippen LogP contribution is 2.43. The van der Waals surface area contributed by atoms with Gasteiger partial charge in [-0.1, -0.05) is 26.7 Å². The molecule has 3 heteroatoms. The predicted octanol–water partition coefficient (Wildman–Crippen LogP) is 3.49. The van der Waals surface area contributed by atoms with Gasteiger partial charge >= 0.3 is 0 Å². The Bertz CT molecular complexity index is 281. The maximum atomic E-state index is 10.9. The molecule has 1 N–H and O–H groups in total. The molecule has 108 valence electrons. The fourth-order valence-electron chi connectivity index (χ4n) is 3.02. The molecule has 1 saturated heterocycles. The van der Waals surface area contributed by atoms with Crippen molar-refractivity contribution in [1.29, 1.82) is 0 Å². The normalized spacial score (nSPS) is 31.0. The van der Waals surface area contributed by atoms with Crippen molar-refractivity contribution in [2.24, 2.45) is 5.92 Å². The zero-order chi connectivity index (χ0) is 14.2. The van der Waals surface area contributed by atoms with Crippen molar-refractivity contribution < 1.29 is 14.6 Å². The van der Waals surface area contributed by atoms with E-state index in [9.17, 15) is 5.11 Å². The zero-order valence-corrected chi connectivity index (χ0v) is 13.0. The van der Waals surface area contributed by atoms with Crippen LogP contribution in [0.3, 0.4) is 0 Å². The number of hydrogen-bond donors (Lipinski definition) is 1. The highest BCUT2D eigenvalue weighted by atomic mass is 16.8. The molecule has 3 nitrogen and oxygen atoms in total. The quantitative estimate of drug-likeness (QED) is 0.820. The van der Waals surface area contributed by atoms with Crippen molar-refractivity contribution >= 4 is 0 Å². The minimum absolute atomic E-state index is 0.194. The van der Waals surface area contributed by atoms with E-state index in [1.165, 1.54) is 0 Å². The lowest BCUT2D eigenvalue weighted by Gasteiger charge is -2.40. The third kappa shape index (κ3) is 3.25. The second-order valence-electron chi connectivity index (χ2n) is 6.87. The lowest BCUT2D eigenvalue weighted by molar-refractivity contribution is -0.177. The molecule has 1 fully saturated rings. The summed E-state index contributed by atoms with van der Waals surface area (Å²) in [7, 11) is 0. The van der Waals surface area contributed by atoms with Gasteiger partial charge in [-0.2, -0.15) is 0 Å². The van der Waals surface area contributed by atoms with Gasteiger partial charge in [0.1, 0.15) is 6.10 Å². The third-order valence-electron chi connectivity index (χ3n) is 4.06. The van der Waals surface area contributed by atoms with Gasteiger partial charge in [0, 0.05) is 0 Å². The number of aliphatic hydroxyl groups is 1. The smallest absolute Gasteiger partial charge is 0.164 e. The molecule has 18 heavy (non-hydrogen) atoms. The molecule has 0 spiro atoms. The monoisotopic (exact) mass is 258 g/mol. The van der Waals surface area contributed by atoms with Gasteiger partial charge in [0.2, 0.25) is 0 Å². The Morgan fingerprint density at radius 2 is 1.83 bits per heavy atom. The van der Waals surface area contributed by atoms with Gasteiger partial charge in [-0.15, -0.1) is 0 Å². The standard InChI is InChI=1S/C15H30O3/c1-8-9-10-11(2)15(7,16)12-13(3,4)18-14(5,6)17-12/h11-12,16H,8-10H2,1-7H3/t11?,12-,15?/m1/s1. The van der Waals surface area contributed by atoms with Crippen molar-refractivity contribution in [1.82, 2.24) is 0 Å². The highest BCUT2D eigenvalue weighted by molar-refractivity contribution is 5.01. The maximum absolute atomic E-state index is 10.9. The summed E-state index contributed by atoms with van der Waals surface area (Å²) in [5, 5.41) is 10.9. The van der Waals surface area contributed by atoms with Gasteiger partial charge < -0.3 is 14.6 Å². The molecule has 1 heterocycles. The van der Waals surface area contributed by atoms with Crippen LogP contribution in [0.5, 0.6) is 0 Å². The zero-order valence-electron chi connectivity index (χ0n) is 13.0. The number of hydrogen-bond acceptors (Lipinski definition) is 3. The van der Waals surface area contributed by atoms with Crippen LogP contribution in [-0.4, -0.2) is 28.2 Å². The average Bonchev–Trinajstić information content (AvgIpc) is 2.43. The van der Waals surface area contributed by atoms with Gasteiger partial charge in [-0.05, 0) is 47.0 Å². The van der Waals surface area contributed by atoms with Gasteiger partial charge in [-0.25, -0.2) is 0 Å². The van der Waals surface area contributed by atoms with Crippen LogP contribution >= 0.6 is 0 Å². The Labute approximate surface area is 112 Å². The van der Waals surface area contributed by atoms with E-state index < -0.39 is 17.0 Å². The first-order valence-corrected chi connectivity index (χ1v) is 7.13. The second-order valence-corrected chi connectivity index (χ2v) is 6.87. The summed E-state index contributed by atoms with van der Waals surface area (Å²) in [6, 6.07) is 0. The van der Waals surface area contributed by atoms with Crippen LogP contribution in [0.15, 0.2) is 0 Å². The number of unbranched alkanes of at least 4 members (excludes halogenated alkanes) is 1. The largest absolute Gasteiger partial charge is 0.387 e. The molecule has 1 rings (SSSR count). The lowest BCUT2D eigenvalue weighted by Crippen LogP contribution is -2.54. The molecule has 0 radical (unpaired) electrons. The Balaban J connectivity index is 2.84. The van der Waals surface area contributed by atoms with Crippen LogP contribution in [0.25, 0.3) is 0 Å². The molecular formula is C15H30O3. The van der Waals surface area contributed by atoms with E-state index in [-0.39, 0.29) is 12.0 Å². The van der Waals surface area contributed by atoms with Crippen LogP contribution in [-0.2, 0) is 9.47 Å². The van der Waals surface area contributed by atoms with Crippen molar-refractivity contribution in [2.45, 2.75) is 90.8 Å². The number of rotatable bonds is 5. The van der Waals surface area contributed by atoms with Crippen LogP contribution in [0.4, 0.5) is 0 Å². The molecule has 3 atom stereocenters. The molecule has 0 aromatic carbocycles. The highest BCUT2D eigenvalue weighted by Gasteiger charge is 2.56. The van der Waals surface area contributed by atoms with Crippen molar-refractivity contribution in [3.63, 3.8) is 0 Å². The fourth-order valence-corrected chi connectivity index (χ4v) is 3.02. The van der Waals surface area contributed by atoms with E-state index in [0.717, 1.165) is 19.3 Å². The van der Waals surface area contributed by atoms with E-state index in [2.05, 4.69) is 13.8 Å². The molecule has 1 aliphatic heterocycles. The summed E-state index contributed by atoms with van der Waals surface area (Å²) in [6.45, 7) is 13.9. The number of ether oxygens (including phenoxy) is 2. The molecule has 0 aromatic heterocycles. The van der Waals surface area contributed by atoms with Gasteiger partial charge in [0.25, 0.3) is 0 Å². The van der Waals surface area contributed by atoms with E-state index in [0.29, 0.717) is 0 Å². The summed E-state index contributed by atoms with van der Waals surface area (Å²) < 4.78 is 11.9. The van der Waals surface area contributed by atoms with Crippen molar-refractivity contribution in [3.05, 3.63) is 0 Å². The van der Waals surface area contributed by atoms with E-state index >= 15 is 0 Å². The third-order valence-corrected chi connectivity index (χ3v) is 4.06. The molecular weight excluding hydrogens is 228 g/mol. The summed E-state index contributed by atoms with van der Waals surface area (Å²) >= 11 is 0. The van der Waals surface area contributed by atoms with Gasteiger partial charge in [-0.3, -0.25) is 0 Å². The minimum Gasteiger partial charge on any atom is -0.387 e. The van der Waals surface area contributed by atoms with Crippen LogP contribution < -0.4 is 0 Å². The first-order valence-electron chi connectivity index (χ1n) is 7.13. The predicted molar refractivity (Wildman–Crippen MR) is 73.4 cm³/mol. The molecule has 0 amide bonds. The molecule has 0 bridgehead atoms. The van der Waals surface area contributed by atoms with Crippen LogP contribution in [0.2, 0.25) is 0 Å². The maximum Gasteiger partial charge on any atom is 0.164 e. The molecule has 2 unspecified atom stereocenters. The van der Waals surface area contributed by atoms with E-state index in [1.807, 2.05) is 34.6 Å². The fraction of sp³-hybridized carbons (Fsp3) is 1.00. The summed E-state index contributed by atoms with van der Waals surface area (Å²) in [6.07, 6.45) is 3.00. The Hall–Kier alpha value is -0.120. The minimum atomic E-state index is -0.869. The van der Waals surface area contributed by atoms with Crippen LogP contribution in [0.1, 0.15) is 67.7 Å². The summed E-state index contributed by atoms with van der Waals surface area (Å²) in [4.78, 5) is 0. The Morgan fingerprint density at radius 3 is 2.22 bits per heavy atom. The second kappa shape index (κ2) is 5.10. The SMILES string of the molecule is CCCCC(C)C(C)(O)[C@@H]1OC(C)(C)OC1(C)C. The van der Waals surface area contributed by atoms with E-state index in [1.54, 1.807) is 0 Å². The van der Waals surface area contributed by atoms with Crippen LogP contribution in [0, 0.1) is 5.92 Å². The van der Waals surface area contributed by atoms with Crippen molar-refractivity contribution in [2.75, 3.05) is 0 Å². The Kier molecular flexibility index (Phi) is 4.52. The van der Waals surface area contributed by atoms with Crippen molar-refractivity contribution in [3.8, 4) is 0 Å². The molecule has 0 aromatic rings. The lowest BCUT2D eigenvalue weighted by atomic mass is 9.77. The summed E-state index contributed by atoms with van der Waals surface area (Å²) in [5.41, 5.74) is -1.33. The molecule has 0 saturated carbocycles.